The highest BCUT2D eigenvalue weighted by Crippen LogP contribution is 2.45. The summed E-state index contributed by atoms with van der Waals surface area (Å²) in [5.41, 5.74) is 6.12. The fourth-order valence-corrected chi connectivity index (χ4v) is 7.23. The van der Waals surface area contributed by atoms with Crippen LogP contribution in [-0.4, -0.2) is 42.9 Å². The predicted octanol–water partition coefficient (Wildman–Crippen LogP) is 6.60. The van der Waals surface area contributed by atoms with E-state index in [1.807, 2.05) is 50.5 Å². The molecule has 0 atom stereocenters. The number of amides is 1. The lowest BCUT2D eigenvalue weighted by Gasteiger charge is -2.41. The van der Waals surface area contributed by atoms with E-state index >= 15 is 0 Å². The van der Waals surface area contributed by atoms with Gasteiger partial charge < -0.3 is 19.2 Å². The lowest BCUT2D eigenvalue weighted by molar-refractivity contribution is -0.112. The molecule has 230 valence electrons. The van der Waals surface area contributed by atoms with Crippen LogP contribution in [0.25, 0.3) is 39.5 Å². The Hall–Kier alpha value is -4.79. The minimum atomic E-state index is -0.541. The fraction of sp³-hybridized carbons (Fsp3) is 0.361. The van der Waals surface area contributed by atoms with Crippen LogP contribution in [0.5, 0.6) is 5.75 Å². The maximum atomic E-state index is 14.0. The first kappa shape index (κ1) is 29.0. The highest BCUT2D eigenvalue weighted by Gasteiger charge is 2.44. The van der Waals surface area contributed by atoms with Gasteiger partial charge in [0.2, 0.25) is 0 Å². The molecule has 2 aliphatic carbocycles. The zero-order chi connectivity index (χ0) is 31.3. The largest absolute Gasteiger partial charge is 0.494 e. The number of ketones is 1. The summed E-state index contributed by atoms with van der Waals surface area (Å²) in [6.07, 6.45) is 14.2. The molecule has 2 aromatic carbocycles. The lowest BCUT2D eigenvalue weighted by Crippen LogP contribution is -2.52. The molecule has 2 saturated carbocycles. The second kappa shape index (κ2) is 11.3. The molecule has 1 N–H and O–H groups in total. The Labute approximate surface area is 262 Å². The number of aromatic nitrogens is 5. The molecular weight excluding hydrogens is 564 g/mol. The van der Waals surface area contributed by atoms with E-state index < -0.39 is 5.54 Å². The molecule has 5 aromatic rings. The average Bonchev–Trinajstić information content (AvgIpc) is 3.75. The quantitative estimate of drug-likeness (QED) is 0.201. The normalized spacial score (nSPS) is 16.4. The minimum absolute atomic E-state index is 0.00510. The Bertz CT molecular complexity index is 1970. The molecule has 2 aliphatic rings. The number of carbonyl (C=O) groups is 2. The van der Waals surface area contributed by atoms with Gasteiger partial charge in [0, 0.05) is 30.6 Å². The maximum Gasteiger partial charge on any atom is 0.252 e. The van der Waals surface area contributed by atoms with Crippen molar-refractivity contribution in [3.8, 4) is 17.3 Å². The van der Waals surface area contributed by atoms with Crippen molar-refractivity contribution in [3.63, 3.8) is 0 Å². The number of rotatable bonds is 8. The fourth-order valence-electron chi connectivity index (χ4n) is 7.23. The van der Waals surface area contributed by atoms with Crippen LogP contribution in [0.2, 0.25) is 0 Å². The number of nitrogens with one attached hydrogen (secondary N) is 1. The number of ether oxygens (including phenoxy) is 1. The van der Waals surface area contributed by atoms with Gasteiger partial charge in [-0.05, 0) is 86.4 Å². The van der Waals surface area contributed by atoms with E-state index in [1.54, 1.807) is 32.5 Å². The lowest BCUT2D eigenvalue weighted by atomic mass is 9.75. The number of imidazole rings is 1. The molecule has 3 aromatic heterocycles. The number of methoxy groups -OCH3 is 1. The molecule has 0 saturated heterocycles. The van der Waals surface area contributed by atoms with Crippen LogP contribution in [0, 0.1) is 0 Å². The van der Waals surface area contributed by atoms with Gasteiger partial charge in [-0.15, -0.1) is 0 Å². The van der Waals surface area contributed by atoms with Crippen LogP contribution in [-0.2, 0) is 24.4 Å². The minimum Gasteiger partial charge on any atom is -0.494 e. The van der Waals surface area contributed by atoms with Crippen molar-refractivity contribution in [1.29, 1.82) is 0 Å². The molecule has 45 heavy (non-hydrogen) atoms. The van der Waals surface area contributed by atoms with Crippen LogP contribution in [0.1, 0.15) is 85.1 Å². The van der Waals surface area contributed by atoms with E-state index in [0.717, 1.165) is 71.1 Å². The Balaban J connectivity index is 1.24. The maximum absolute atomic E-state index is 14.0. The van der Waals surface area contributed by atoms with Crippen LogP contribution in [0.4, 0.5) is 0 Å². The number of aryl methyl sites for hydroxylation is 2. The van der Waals surface area contributed by atoms with E-state index in [0.29, 0.717) is 23.1 Å². The Kier molecular flexibility index (Phi) is 7.26. The summed E-state index contributed by atoms with van der Waals surface area (Å²) in [4.78, 5) is 39.7. The van der Waals surface area contributed by atoms with E-state index in [-0.39, 0.29) is 11.7 Å². The first-order valence-electron chi connectivity index (χ1n) is 15.7. The Morgan fingerprint density at radius 2 is 1.73 bits per heavy atom. The average molecular weight is 603 g/mol. The van der Waals surface area contributed by atoms with Gasteiger partial charge in [-0.2, -0.15) is 0 Å². The molecule has 0 unspecified atom stereocenters. The van der Waals surface area contributed by atoms with Crippen molar-refractivity contribution in [2.24, 2.45) is 14.1 Å². The van der Waals surface area contributed by atoms with Gasteiger partial charge in [0.1, 0.15) is 5.82 Å². The molecule has 3 heterocycles. The van der Waals surface area contributed by atoms with Crippen LogP contribution in [0.15, 0.2) is 54.9 Å². The van der Waals surface area contributed by atoms with Gasteiger partial charge in [0.05, 0.1) is 41.8 Å². The van der Waals surface area contributed by atoms with Gasteiger partial charge in [-0.1, -0.05) is 31.1 Å². The SMILES string of the molecule is COc1cnc(-c2c(C3CCCC3)c3ccc(C(=O)NC4(c5nc6ccc(/C=C/C(C)=O)cc6n5C)CCC4)cc3n2C)nc1. The van der Waals surface area contributed by atoms with Crippen molar-refractivity contribution in [1.82, 2.24) is 29.4 Å². The van der Waals surface area contributed by atoms with Crippen LogP contribution >= 0.6 is 0 Å². The molecule has 0 bridgehead atoms. The summed E-state index contributed by atoms with van der Waals surface area (Å²) in [7, 11) is 5.65. The smallest absolute Gasteiger partial charge is 0.252 e. The van der Waals surface area contributed by atoms with Gasteiger partial charge in [0.15, 0.2) is 17.4 Å². The second-order valence-corrected chi connectivity index (χ2v) is 12.6. The third-order valence-electron chi connectivity index (χ3n) is 9.74. The number of nitrogens with zero attached hydrogens (tertiary/aromatic N) is 5. The number of carbonyl (C=O) groups excluding carboxylic acids is 2. The van der Waals surface area contributed by atoms with Crippen LogP contribution < -0.4 is 10.1 Å². The molecule has 7 rings (SSSR count). The number of hydrogen-bond donors (Lipinski definition) is 1. The number of benzene rings is 2. The monoisotopic (exact) mass is 602 g/mol. The molecule has 0 aliphatic heterocycles. The Morgan fingerprint density at radius 3 is 2.40 bits per heavy atom. The van der Waals surface area contributed by atoms with E-state index in [9.17, 15) is 9.59 Å². The first-order valence-corrected chi connectivity index (χ1v) is 15.7. The topological polar surface area (TPSA) is 104 Å². The number of fused-ring (bicyclic) bond motifs is 2. The van der Waals surface area contributed by atoms with Crippen molar-refractivity contribution in [3.05, 3.63) is 77.4 Å². The van der Waals surface area contributed by atoms with Gasteiger partial charge in [-0.3, -0.25) is 9.59 Å². The van der Waals surface area contributed by atoms with Crippen LogP contribution in [0.3, 0.4) is 0 Å². The van der Waals surface area contributed by atoms with Crippen molar-refractivity contribution < 1.29 is 14.3 Å². The van der Waals surface area contributed by atoms with E-state index in [1.165, 1.54) is 18.4 Å². The molecule has 0 radical (unpaired) electrons. The highest BCUT2D eigenvalue weighted by atomic mass is 16.5. The molecule has 0 spiro atoms. The van der Waals surface area contributed by atoms with Crippen molar-refractivity contribution in [2.45, 2.75) is 63.3 Å². The van der Waals surface area contributed by atoms with E-state index in [2.05, 4.69) is 30.5 Å². The summed E-state index contributed by atoms with van der Waals surface area (Å²) < 4.78 is 9.53. The van der Waals surface area contributed by atoms with Crippen molar-refractivity contribution in [2.75, 3.05) is 7.11 Å². The van der Waals surface area contributed by atoms with Crippen molar-refractivity contribution >= 4 is 39.7 Å². The van der Waals surface area contributed by atoms with Gasteiger partial charge in [0.25, 0.3) is 5.91 Å². The molecule has 9 nitrogen and oxygen atoms in total. The standard InChI is InChI=1S/C36H38N6O3/c1-22(43)10-11-23-12-15-28-30(18-23)42(3)35(39-28)36(16-7-17-36)40-34(44)25-13-14-27-29(19-25)41(2)32(31(27)24-8-5-6-9-24)33-37-20-26(45-4)21-38-33/h10-15,18-21,24H,5-9,16-17H2,1-4H3,(H,40,44)/b11-10+. The summed E-state index contributed by atoms with van der Waals surface area (Å²) >= 11 is 0. The molecular formula is C36H38N6O3. The summed E-state index contributed by atoms with van der Waals surface area (Å²) in [6.45, 7) is 1.54. The molecule has 1 amide bonds. The molecule has 9 heteroatoms. The number of allylic oxidation sites excluding steroid dienone is 1. The van der Waals surface area contributed by atoms with E-state index in [4.69, 9.17) is 9.72 Å². The third-order valence-corrected chi connectivity index (χ3v) is 9.74. The summed E-state index contributed by atoms with van der Waals surface area (Å²) in [6, 6.07) is 12.0. The first-order chi connectivity index (χ1) is 21.8. The third kappa shape index (κ3) is 5.00. The van der Waals surface area contributed by atoms with Gasteiger partial charge >= 0.3 is 0 Å². The molecule has 2 fully saturated rings. The zero-order valence-electron chi connectivity index (χ0n) is 26.3. The summed E-state index contributed by atoms with van der Waals surface area (Å²) in [5, 5.41) is 4.55. The predicted molar refractivity (Wildman–Crippen MR) is 175 cm³/mol. The summed E-state index contributed by atoms with van der Waals surface area (Å²) in [5.74, 6) is 2.47. The zero-order valence-corrected chi connectivity index (χ0v) is 26.3. The highest BCUT2D eigenvalue weighted by molar-refractivity contribution is 6.01. The second-order valence-electron chi connectivity index (χ2n) is 12.6. The number of hydrogen-bond acceptors (Lipinski definition) is 6. The Morgan fingerprint density at radius 1 is 0.978 bits per heavy atom. The van der Waals surface area contributed by atoms with Gasteiger partial charge in [-0.25, -0.2) is 15.0 Å².